The fourth-order valence-corrected chi connectivity index (χ4v) is 5.05. The molecule has 0 radical (unpaired) electrons. The maximum absolute atomic E-state index is 12.2. The Kier molecular flexibility index (Phi) is 6.37. The van der Waals surface area contributed by atoms with Crippen LogP contribution in [0.3, 0.4) is 0 Å². The second-order valence-corrected chi connectivity index (χ2v) is 9.92. The monoisotopic (exact) mass is 505 g/mol. The van der Waals surface area contributed by atoms with Gasteiger partial charge >= 0.3 is 6.01 Å². The minimum atomic E-state index is 0.00174. The minimum Gasteiger partial charge on any atom is -0.474 e. The van der Waals surface area contributed by atoms with Crippen LogP contribution in [-0.2, 0) is 16.0 Å². The summed E-state index contributed by atoms with van der Waals surface area (Å²) in [5.74, 6) is 2.36. The highest BCUT2D eigenvalue weighted by Gasteiger charge is 2.27. The predicted molar refractivity (Wildman–Crippen MR) is 137 cm³/mol. The molecule has 0 spiro atoms. The number of hydrogen-bond acceptors (Lipinski definition) is 10. The van der Waals surface area contributed by atoms with Crippen molar-refractivity contribution in [2.24, 2.45) is 0 Å². The Labute approximate surface area is 215 Å². The molecule has 194 valence electrons. The molecule has 3 aromatic rings. The van der Waals surface area contributed by atoms with E-state index < -0.39 is 0 Å². The highest BCUT2D eigenvalue weighted by Crippen LogP contribution is 2.37. The lowest BCUT2D eigenvalue weighted by atomic mass is 10.1. The Hall–Kier alpha value is -3.73. The Bertz CT molecular complexity index is 1270. The fraction of sp³-hybridized carbons (Fsp3) is 0.500. The third-order valence-electron chi connectivity index (χ3n) is 7.11. The molecular formula is C26H31N7O4. The number of amides is 1. The van der Waals surface area contributed by atoms with E-state index >= 15 is 0 Å². The third-order valence-corrected chi connectivity index (χ3v) is 7.11. The van der Waals surface area contributed by atoms with Crippen LogP contribution in [0.1, 0.15) is 44.0 Å². The van der Waals surface area contributed by atoms with Crippen molar-refractivity contribution in [2.75, 3.05) is 54.1 Å². The molecule has 37 heavy (non-hydrogen) atoms. The van der Waals surface area contributed by atoms with E-state index in [-0.39, 0.29) is 24.5 Å². The predicted octanol–water partition coefficient (Wildman–Crippen LogP) is 3.09. The van der Waals surface area contributed by atoms with Gasteiger partial charge in [-0.1, -0.05) is 19.0 Å². The van der Waals surface area contributed by atoms with Gasteiger partial charge < -0.3 is 28.7 Å². The first-order chi connectivity index (χ1) is 18.0. The number of rotatable bonds is 6. The van der Waals surface area contributed by atoms with Crippen LogP contribution in [0.15, 0.2) is 35.1 Å². The van der Waals surface area contributed by atoms with Crippen LogP contribution < -0.4 is 19.4 Å². The van der Waals surface area contributed by atoms with E-state index in [1.54, 1.807) is 11.2 Å². The van der Waals surface area contributed by atoms with Crippen molar-refractivity contribution in [3.05, 3.63) is 42.0 Å². The molecule has 0 N–H and O–H groups in total. The number of ether oxygens (including phenoxy) is 2. The molecule has 2 fully saturated rings. The molecule has 11 nitrogen and oxygen atoms in total. The lowest BCUT2D eigenvalue weighted by Gasteiger charge is -2.30. The molecule has 2 saturated heterocycles. The van der Waals surface area contributed by atoms with Gasteiger partial charge in [0.15, 0.2) is 5.82 Å². The van der Waals surface area contributed by atoms with Gasteiger partial charge in [0.2, 0.25) is 5.88 Å². The molecule has 1 amide bonds. The van der Waals surface area contributed by atoms with Gasteiger partial charge in [-0.2, -0.15) is 4.98 Å². The topological polar surface area (TPSA) is 110 Å². The summed E-state index contributed by atoms with van der Waals surface area (Å²) in [6, 6.07) is 8.67. The van der Waals surface area contributed by atoms with E-state index in [4.69, 9.17) is 14.0 Å². The third kappa shape index (κ3) is 4.83. The molecule has 0 unspecified atom stereocenters. The number of aromatic nitrogens is 4. The van der Waals surface area contributed by atoms with Crippen molar-refractivity contribution in [1.82, 2.24) is 20.1 Å². The molecule has 2 aromatic heterocycles. The molecule has 0 atom stereocenters. The molecule has 5 heterocycles. The van der Waals surface area contributed by atoms with Crippen molar-refractivity contribution in [1.29, 1.82) is 0 Å². The Morgan fingerprint density at radius 3 is 2.70 bits per heavy atom. The Balaban J connectivity index is 1.10. The van der Waals surface area contributed by atoms with Crippen LogP contribution in [0, 0.1) is 0 Å². The molecule has 3 aliphatic heterocycles. The molecule has 6 rings (SSSR count). The van der Waals surface area contributed by atoms with Gasteiger partial charge in [0.25, 0.3) is 5.91 Å². The summed E-state index contributed by atoms with van der Waals surface area (Å²) in [5.41, 5.74) is 3.22. The summed E-state index contributed by atoms with van der Waals surface area (Å²) in [5, 5.41) is 4.07. The summed E-state index contributed by atoms with van der Waals surface area (Å²) in [7, 11) is 0. The first-order valence-corrected chi connectivity index (χ1v) is 12.9. The van der Waals surface area contributed by atoms with Crippen LogP contribution in [0.5, 0.6) is 5.88 Å². The first kappa shape index (κ1) is 23.7. The lowest BCUT2D eigenvalue weighted by molar-refractivity contribution is -0.125. The second kappa shape index (κ2) is 9.97. The maximum atomic E-state index is 12.2. The highest BCUT2D eigenvalue weighted by molar-refractivity contribution is 5.95. The van der Waals surface area contributed by atoms with E-state index in [0.29, 0.717) is 25.0 Å². The van der Waals surface area contributed by atoms with Crippen molar-refractivity contribution in [2.45, 2.75) is 45.1 Å². The van der Waals surface area contributed by atoms with E-state index in [2.05, 4.69) is 55.9 Å². The summed E-state index contributed by atoms with van der Waals surface area (Å²) >= 11 is 0. The normalized spacial score (nSPS) is 18.6. The van der Waals surface area contributed by atoms with Crippen LogP contribution in [0.25, 0.3) is 0 Å². The van der Waals surface area contributed by atoms with Crippen LogP contribution in [0.2, 0.25) is 0 Å². The highest BCUT2D eigenvalue weighted by atomic mass is 16.5. The van der Waals surface area contributed by atoms with Crippen molar-refractivity contribution < 1.29 is 18.8 Å². The quantitative estimate of drug-likeness (QED) is 0.496. The van der Waals surface area contributed by atoms with Gasteiger partial charge in [-0.25, -0.2) is 9.97 Å². The van der Waals surface area contributed by atoms with Gasteiger partial charge in [0.05, 0.1) is 6.61 Å². The molecule has 11 heteroatoms. The first-order valence-electron chi connectivity index (χ1n) is 12.9. The smallest absolute Gasteiger partial charge is 0.324 e. The second-order valence-electron chi connectivity index (χ2n) is 9.92. The molecule has 0 saturated carbocycles. The number of fused-ring (bicyclic) bond motifs is 1. The van der Waals surface area contributed by atoms with Gasteiger partial charge in [-0.3, -0.25) is 4.79 Å². The molecule has 1 aromatic carbocycles. The van der Waals surface area contributed by atoms with Gasteiger partial charge in [-0.15, -0.1) is 0 Å². The maximum Gasteiger partial charge on any atom is 0.324 e. The summed E-state index contributed by atoms with van der Waals surface area (Å²) < 4.78 is 17.0. The van der Waals surface area contributed by atoms with E-state index in [1.165, 1.54) is 5.56 Å². The number of carbonyl (C=O) groups excluding carboxylic acids is 1. The van der Waals surface area contributed by atoms with E-state index in [1.807, 2.05) is 12.1 Å². The molecule has 0 bridgehead atoms. The van der Waals surface area contributed by atoms with Gasteiger partial charge in [-0.05, 0) is 30.2 Å². The largest absolute Gasteiger partial charge is 0.474 e. The minimum absolute atomic E-state index is 0.00174. The Morgan fingerprint density at radius 2 is 1.92 bits per heavy atom. The zero-order chi connectivity index (χ0) is 25.4. The fourth-order valence-electron chi connectivity index (χ4n) is 5.05. The Morgan fingerprint density at radius 1 is 1.05 bits per heavy atom. The van der Waals surface area contributed by atoms with Crippen LogP contribution in [-0.4, -0.2) is 71.5 Å². The number of anilines is 4. The van der Waals surface area contributed by atoms with Crippen LogP contribution in [0.4, 0.5) is 23.2 Å². The number of hydrogen-bond donors (Lipinski definition) is 0. The molecule has 3 aliphatic rings. The van der Waals surface area contributed by atoms with Gasteiger partial charge in [0, 0.05) is 62.4 Å². The number of morpholine rings is 1. The summed E-state index contributed by atoms with van der Waals surface area (Å²) in [4.78, 5) is 31.7. The zero-order valence-electron chi connectivity index (χ0n) is 21.2. The van der Waals surface area contributed by atoms with E-state index in [9.17, 15) is 4.79 Å². The summed E-state index contributed by atoms with van der Waals surface area (Å²) in [6.07, 6.45) is 4.19. The number of carbonyl (C=O) groups is 1. The van der Waals surface area contributed by atoms with Crippen LogP contribution >= 0.6 is 0 Å². The summed E-state index contributed by atoms with van der Waals surface area (Å²) in [6.45, 7) is 7.78. The molecule has 0 aliphatic carbocycles. The van der Waals surface area contributed by atoms with E-state index in [0.717, 1.165) is 61.9 Å². The number of nitrogens with zero attached hydrogens (tertiary/aromatic N) is 7. The average molecular weight is 506 g/mol. The standard InChI is InChI=1S/C26H31N7O4/c1-17(2)25-29-26(37-30-25)31-8-6-20(7-9-31)36-23-14-22(27-16-28-23)33-10-5-18-13-19(3-4-21(18)33)32-11-12-35-15-24(32)34/h3-4,13-14,16-17,20H,5-12,15H2,1-2H3. The number of piperidine rings is 1. The van der Waals surface area contributed by atoms with Crippen molar-refractivity contribution in [3.8, 4) is 5.88 Å². The van der Waals surface area contributed by atoms with Crippen molar-refractivity contribution >= 4 is 29.1 Å². The SMILES string of the molecule is CC(C)c1noc(N2CCC(Oc3cc(N4CCc5cc(N6CCOCC6=O)ccc54)ncn3)CC2)n1. The van der Waals surface area contributed by atoms with Crippen molar-refractivity contribution in [3.63, 3.8) is 0 Å². The lowest BCUT2D eigenvalue weighted by Crippen LogP contribution is -2.41. The zero-order valence-corrected chi connectivity index (χ0v) is 21.2. The number of benzene rings is 1. The average Bonchev–Trinajstić information content (AvgIpc) is 3.57. The molecular weight excluding hydrogens is 474 g/mol. The van der Waals surface area contributed by atoms with Gasteiger partial charge in [0.1, 0.15) is 24.9 Å².